The minimum Gasteiger partial charge on any atom is -0.392 e. The predicted octanol–water partition coefficient (Wildman–Crippen LogP) is 2.71. The molecule has 15 heavy (non-hydrogen) atoms. The predicted molar refractivity (Wildman–Crippen MR) is 66.1 cm³/mol. The summed E-state index contributed by atoms with van der Waals surface area (Å²) in [4.78, 5) is -0.180. The van der Waals surface area contributed by atoms with Crippen molar-refractivity contribution in [3.05, 3.63) is 0 Å². The van der Waals surface area contributed by atoms with Crippen LogP contribution in [0, 0.1) is 11.8 Å². The van der Waals surface area contributed by atoms with Gasteiger partial charge in [0.05, 0.1) is 17.0 Å². The standard InChI is InChI=1S/C12H23BrO2/c1-8(2)11(14)10(13)12(15)9-6-4-3-5-7-9/h8-12,14-15H,3-7H2,1-2H3/t10-,11+,12+/m1/s1. The quantitative estimate of drug-likeness (QED) is 0.777. The molecule has 1 saturated carbocycles. The average Bonchev–Trinajstić information content (AvgIpc) is 2.27. The third kappa shape index (κ3) is 3.72. The van der Waals surface area contributed by atoms with E-state index in [0.717, 1.165) is 12.8 Å². The Kier molecular flexibility index (Phi) is 5.58. The summed E-state index contributed by atoms with van der Waals surface area (Å²) in [5, 5.41) is 20.0. The highest BCUT2D eigenvalue weighted by atomic mass is 79.9. The Morgan fingerprint density at radius 1 is 1.07 bits per heavy atom. The Hall–Kier alpha value is 0.400. The monoisotopic (exact) mass is 278 g/mol. The molecule has 1 rings (SSSR count). The summed E-state index contributed by atoms with van der Waals surface area (Å²) < 4.78 is 0. The fraction of sp³-hybridized carbons (Fsp3) is 1.00. The largest absolute Gasteiger partial charge is 0.392 e. The lowest BCUT2D eigenvalue weighted by molar-refractivity contribution is 0.0245. The first-order valence-electron chi connectivity index (χ1n) is 6.04. The van der Waals surface area contributed by atoms with Gasteiger partial charge in [-0.1, -0.05) is 49.0 Å². The first kappa shape index (κ1) is 13.5. The minimum absolute atomic E-state index is 0.180. The maximum absolute atomic E-state index is 10.2. The van der Waals surface area contributed by atoms with Crippen molar-refractivity contribution in [3.8, 4) is 0 Å². The number of hydrogen-bond donors (Lipinski definition) is 2. The fourth-order valence-corrected chi connectivity index (χ4v) is 3.35. The second kappa shape index (κ2) is 6.21. The molecule has 0 heterocycles. The van der Waals surface area contributed by atoms with E-state index in [9.17, 15) is 10.2 Å². The molecule has 3 heteroatoms. The van der Waals surface area contributed by atoms with Gasteiger partial charge < -0.3 is 10.2 Å². The second-order valence-electron chi connectivity index (χ2n) is 5.07. The molecule has 1 aliphatic rings. The Morgan fingerprint density at radius 3 is 2.07 bits per heavy atom. The topological polar surface area (TPSA) is 40.5 Å². The van der Waals surface area contributed by atoms with Gasteiger partial charge in [0.2, 0.25) is 0 Å². The molecule has 1 fully saturated rings. The zero-order valence-electron chi connectivity index (χ0n) is 9.69. The molecule has 0 unspecified atom stereocenters. The highest BCUT2D eigenvalue weighted by Crippen LogP contribution is 2.31. The number of aliphatic hydroxyl groups is 2. The van der Waals surface area contributed by atoms with Gasteiger partial charge in [-0.05, 0) is 24.7 Å². The van der Waals surface area contributed by atoms with Crippen LogP contribution in [0.3, 0.4) is 0 Å². The number of alkyl halides is 1. The molecule has 90 valence electrons. The van der Waals surface area contributed by atoms with Crippen molar-refractivity contribution in [2.24, 2.45) is 11.8 Å². The maximum atomic E-state index is 10.2. The van der Waals surface area contributed by atoms with E-state index >= 15 is 0 Å². The zero-order valence-corrected chi connectivity index (χ0v) is 11.3. The van der Waals surface area contributed by atoms with E-state index in [1.807, 2.05) is 13.8 Å². The third-order valence-electron chi connectivity index (χ3n) is 3.47. The molecule has 2 N–H and O–H groups in total. The van der Waals surface area contributed by atoms with Gasteiger partial charge >= 0.3 is 0 Å². The van der Waals surface area contributed by atoms with Gasteiger partial charge in [-0.15, -0.1) is 0 Å². The van der Waals surface area contributed by atoms with E-state index in [-0.39, 0.29) is 10.7 Å². The molecule has 0 aromatic carbocycles. The summed E-state index contributed by atoms with van der Waals surface area (Å²) in [7, 11) is 0. The summed E-state index contributed by atoms with van der Waals surface area (Å²) >= 11 is 3.44. The molecule has 0 spiro atoms. The number of halogens is 1. The van der Waals surface area contributed by atoms with Gasteiger partial charge in [0, 0.05) is 0 Å². The van der Waals surface area contributed by atoms with Gasteiger partial charge in [0.25, 0.3) is 0 Å². The van der Waals surface area contributed by atoms with Crippen LogP contribution in [0.25, 0.3) is 0 Å². The summed E-state index contributed by atoms with van der Waals surface area (Å²) in [6, 6.07) is 0. The van der Waals surface area contributed by atoms with E-state index < -0.39 is 12.2 Å². The maximum Gasteiger partial charge on any atom is 0.0718 e. The summed E-state index contributed by atoms with van der Waals surface area (Å²) in [6.45, 7) is 3.96. The van der Waals surface area contributed by atoms with Crippen LogP contribution in [0.1, 0.15) is 46.0 Å². The van der Waals surface area contributed by atoms with Gasteiger partial charge in [-0.25, -0.2) is 0 Å². The first-order chi connectivity index (χ1) is 7.04. The highest BCUT2D eigenvalue weighted by molar-refractivity contribution is 9.09. The molecule has 0 saturated heterocycles. The molecule has 3 atom stereocenters. The van der Waals surface area contributed by atoms with Gasteiger partial charge in [-0.2, -0.15) is 0 Å². The van der Waals surface area contributed by atoms with Crippen LogP contribution in [0.5, 0.6) is 0 Å². The van der Waals surface area contributed by atoms with Crippen LogP contribution in [0.15, 0.2) is 0 Å². The fourth-order valence-electron chi connectivity index (χ4n) is 2.31. The van der Waals surface area contributed by atoms with E-state index in [1.54, 1.807) is 0 Å². The van der Waals surface area contributed by atoms with Gasteiger partial charge in [0.15, 0.2) is 0 Å². The van der Waals surface area contributed by atoms with E-state index in [0.29, 0.717) is 5.92 Å². The Balaban J connectivity index is 2.46. The summed E-state index contributed by atoms with van der Waals surface area (Å²) in [6.07, 6.45) is 5.09. The third-order valence-corrected chi connectivity index (χ3v) is 4.55. The van der Waals surface area contributed by atoms with Crippen molar-refractivity contribution < 1.29 is 10.2 Å². The summed E-state index contributed by atoms with van der Waals surface area (Å²) in [5.41, 5.74) is 0. The molecule has 0 aromatic heterocycles. The molecular weight excluding hydrogens is 256 g/mol. The molecule has 0 aromatic rings. The molecule has 0 aliphatic heterocycles. The first-order valence-corrected chi connectivity index (χ1v) is 6.95. The molecule has 2 nitrogen and oxygen atoms in total. The lowest BCUT2D eigenvalue weighted by Crippen LogP contribution is -2.40. The SMILES string of the molecule is CC(C)[C@H](O)[C@@H](Br)[C@@H](O)C1CCCCC1. The average molecular weight is 279 g/mol. The summed E-state index contributed by atoms with van der Waals surface area (Å²) in [5.74, 6) is 0.559. The van der Waals surface area contributed by atoms with Gasteiger partial charge in [0.1, 0.15) is 0 Å². The van der Waals surface area contributed by atoms with Crippen LogP contribution in [0.4, 0.5) is 0 Å². The lowest BCUT2D eigenvalue weighted by atomic mass is 9.82. The van der Waals surface area contributed by atoms with Crippen molar-refractivity contribution in [2.75, 3.05) is 0 Å². The van der Waals surface area contributed by atoms with E-state index in [2.05, 4.69) is 15.9 Å². The normalized spacial score (nSPS) is 25.2. The van der Waals surface area contributed by atoms with E-state index in [4.69, 9.17) is 0 Å². The number of hydrogen-bond acceptors (Lipinski definition) is 2. The van der Waals surface area contributed by atoms with Crippen molar-refractivity contribution >= 4 is 15.9 Å². The van der Waals surface area contributed by atoms with E-state index in [1.165, 1.54) is 19.3 Å². The van der Waals surface area contributed by atoms with Crippen molar-refractivity contribution in [1.82, 2.24) is 0 Å². The van der Waals surface area contributed by atoms with Crippen LogP contribution in [-0.2, 0) is 0 Å². The smallest absolute Gasteiger partial charge is 0.0718 e. The Morgan fingerprint density at radius 2 is 1.60 bits per heavy atom. The zero-order chi connectivity index (χ0) is 11.4. The van der Waals surface area contributed by atoms with Crippen LogP contribution in [0.2, 0.25) is 0 Å². The molecule has 0 amide bonds. The number of rotatable bonds is 4. The minimum atomic E-state index is -0.457. The molecular formula is C12H23BrO2. The van der Waals surface area contributed by atoms with Crippen molar-refractivity contribution in [3.63, 3.8) is 0 Å². The van der Waals surface area contributed by atoms with Crippen LogP contribution < -0.4 is 0 Å². The molecule has 0 radical (unpaired) electrons. The lowest BCUT2D eigenvalue weighted by Gasteiger charge is -2.32. The van der Waals surface area contributed by atoms with Gasteiger partial charge in [-0.3, -0.25) is 0 Å². The second-order valence-corrected chi connectivity index (χ2v) is 6.13. The van der Waals surface area contributed by atoms with Crippen LogP contribution in [-0.4, -0.2) is 27.2 Å². The Bertz CT molecular complexity index is 178. The molecule has 1 aliphatic carbocycles. The molecule has 0 bridgehead atoms. The van der Waals surface area contributed by atoms with Crippen molar-refractivity contribution in [2.45, 2.75) is 63.0 Å². The highest BCUT2D eigenvalue weighted by Gasteiger charge is 2.32. The number of aliphatic hydroxyl groups excluding tert-OH is 2. The Labute approximate surface area is 101 Å². The van der Waals surface area contributed by atoms with Crippen molar-refractivity contribution in [1.29, 1.82) is 0 Å². The van der Waals surface area contributed by atoms with Crippen LogP contribution >= 0.6 is 15.9 Å².